The van der Waals surface area contributed by atoms with E-state index < -0.39 is 40.9 Å². The Morgan fingerprint density at radius 2 is 1.74 bits per heavy atom. The average Bonchev–Trinajstić information content (AvgIpc) is 3.36. The number of hydrazine groups is 1. The maximum atomic E-state index is 14.4. The van der Waals surface area contributed by atoms with Crippen LogP contribution in [0.15, 0.2) is 24.3 Å². The number of carbonyl (C=O) groups excluding carboxylic acids is 2. The normalized spacial score (nSPS) is 28.4. The van der Waals surface area contributed by atoms with Gasteiger partial charge in [0.2, 0.25) is 11.8 Å². The van der Waals surface area contributed by atoms with Crippen LogP contribution < -0.4 is 26.2 Å². The third kappa shape index (κ3) is 7.03. The molecule has 3 fully saturated rings. The van der Waals surface area contributed by atoms with E-state index in [0.717, 1.165) is 56.0 Å². The number of halogens is 3. The molecule has 4 unspecified atom stereocenters. The summed E-state index contributed by atoms with van der Waals surface area (Å²) >= 11 is 1.13. The lowest BCUT2D eigenvalue weighted by atomic mass is 9.69. The predicted molar refractivity (Wildman–Crippen MR) is 144 cm³/mol. The van der Waals surface area contributed by atoms with Crippen molar-refractivity contribution in [2.45, 2.75) is 101 Å². The first-order valence-corrected chi connectivity index (χ1v) is 14.7. The molecule has 5 N–H and O–H groups in total. The van der Waals surface area contributed by atoms with Crippen molar-refractivity contribution in [3.8, 4) is 0 Å². The third-order valence-corrected chi connectivity index (χ3v) is 9.12. The summed E-state index contributed by atoms with van der Waals surface area (Å²) in [5, 5.41) is 8.26. The minimum atomic E-state index is -4.39. The Labute approximate surface area is 227 Å². The molecule has 1 aromatic carbocycles. The van der Waals surface area contributed by atoms with Crippen molar-refractivity contribution in [3.05, 3.63) is 29.8 Å². The summed E-state index contributed by atoms with van der Waals surface area (Å²) in [5.41, 5.74) is 3.59. The van der Waals surface area contributed by atoms with Crippen molar-refractivity contribution in [2.75, 3.05) is 11.9 Å². The number of rotatable bonds is 5. The van der Waals surface area contributed by atoms with Crippen LogP contribution in [0.1, 0.15) is 83.1 Å². The van der Waals surface area contributed by atoms with Crippen molar-refractivity contribution in [1.82, 2.24) is 20.9 Å². The Hall–Kier alpha value is -1.82. The molecular weight excluding hydrogens is 515 g/mol. The van der Waals surface area contributed by atoms with Gasteiger partial charge in [-0.15, -0.1) is 0 Å². The second-order valence-corrected chi connectivity index (χ2v) is 12.2. The largest absolute Gasteiger partial charge is 0.393 e. The standard InChI is InChI=1S/C27H40F3N5O2S/c1-17(2)18-10-9-11-20(14-18)32-24(37)22-25(38-35-34-22)33-23(36)19-15-21(27(28,29)30)26(31-16-19)12-7-5-3-4-6-8-13-26/h9-11,14,17,19,21-22,25,31,34-35H,3-8,12-13,15-16H2,1-2H3,(H,32,37)(H,33,36). The summed E-state index contributed by atoms with van der Waals surface area (Å²) in [6, 6.07) is 6.78. The minimum absolute atomic E-state index is 0.204. The molecule has 11 heteroatoms. The van der Waals surface area contributed by atoms with Crippen molar-refractivity contribution in [2.24, 2.45) is 11.8 Å². The van der Waals surface area contributed by atoms with Gasteiger partial charge in [-0.1, -0.05) is 64.5 Å². The topological polar surface area (TPSA) is 94.3 Å². The molecule has 3 aliphatic rings. The first-order valence-electron chi connectivity index (χ1n) is 13.8. The van der Waals surface area contributed by atoms with Crippen LogP contribution in [-0.2, 0) is 9.59 Å². The van der Waals surface area contributed by atoms with Gasteiger partial charge in [-0.3, -0.25) is 9.59 Å². The lowest BCUT2D eigenvalue weighted by Gasteiger charge is -2.48. The molecule has 0 radical (unpaired) electrons. The molecular formula is C27H40F3N5O2S. The van der Waals surface area contributed by atoms with Gasteiger partial charge >= 0.3 is 6.18 Å². The Morgan fingerprint density at radius 3 is 2.39 bits per heavy atom. The van der Waals surface area contributed by atoms with Crippen LogP contribution in [0.5, 0.6) is 0 Å². The summed E-state index contributed by atoms with van der Waals surface area (Å²) in [5.74, 6) is -2.90. The Balaban J connectivity index is 1.40. The Kier molecular flexibility index (Phi) is 9.65. The molecule has 2 heterocycles. The maximum absolute atomic E-state index is 14.4. The van der Waals surface area contributed by atoms with Crippen molar-refractivity contribution < 1.29 is 22.8 Å². The van der Waals surface area contributed by atoms with E-state index in [2.05, 4.69) is 40.1 Å². The van der Waals surface area contributed by atoms with Crippen molar-refractivity contribution in [1.29, 1.82) is 0 Å². The van der Waals surface area contributed by atoms with Gasteiger partial charge in [0.25, 0.3) is 0 Å². The molecule has 4 atom stereocenters. The molecule has 7 nitrogen and oxygen atoms in total. The highest BCUT2D eigenvalue weighted by Crippen LogP contribution is 2.46. The molecule has 2 aliphatic heterocycles. The van der Waals surface area contributed by atoms with Gasteiger partial charge in [-0.2, -0.15) is 18.0 Å². The first kappa shape index (κ1) is 29.2. The van der Waals surface area contributed by atoms with E-state index >= 15 is 0 Å². The highest BCUT2D eigenvalue weighted by atomic mass is 32.2. The van der Waals surface area contributed by atoms with Gasteiger partial charge in [-0.25, -0.2) is 5.43 Å². The van der Waals surface area contributed by atoms with E-state index in [-0.39, 0.29) is 18.9 Å². The Morgan fingerprint density at radius 1 is 1.05 bits per heavy atom. The number of alkyl halides is 3. The van der Waals surface area contributed by atoms with Crippen LogP contribution >= 0.6 is 11.9 Å². The van der Waals surface area contributed by atoms with Crippen LogP contribution in [-0.4, -0.2) is 41.5 Å². The number of anilines is 1. The van der Waals surface area contributed by atoms with Gasteiger partial charge in [-0.05, 0) is 54.8 Å². The number of benzene rings is 1. The first-order chi connectivity index (χ1) is 18.1. The lowest BCUT2D eigenvalue weighted by Crippen LogP contribution is -2.63. The fourth-order valence-corrected chi connectivity index (χ4v) is 6.83. The Bertz CT molecular complexity index is 966. The summed E-state index contributed by atoms with van der Waals surface area (Å²) in [7, 11) is 0. The second kappa shape index (κ2) is 12.6. The van der Waals surface area contributed by atoms with Crippen LogP contribution in [0, 0.1) is 11.8 Å². The summed E-state index contributed by atoms with van der Waals surface area (Å²) in [4.78, 5) is 29.0. The van der Waals surface area contributed by atoms with Crippen LogP contribution in [0.4, 0.5) is 18.9 Å². The van der Waals surface area contributed by atoms with Gasteiger partial charge in [0.05, 0.1) is 11.8 Å². The number of hydrogen-bond donors (Lipinski definition) is 5. The van der Waals surface area contributed by atoms with Crippen LogP contribution in [0.2, 0.25) is 0 Å². The molecule has 2 amide bonds. The quantitative estimate of drug-likeness (QED) is 0.329. The number of amides is 2. The fraction of sp³-hybridized carbons (Fsp3) is 0.704. The van der Waals surface area contributed by atoms with E-state index in [0.29, 0.717) is 24.4 Å². The SMILES string of the molecule is CC(C)c1cccc(NC(=O)C2NNSC2NC(=O)C2CNC3(CCCCCCCC3)C(C(F)(F)F)C2)c1. The molecule has 38 heavy (non-hydrogen) atoms. The van der Waals surface area contributed by atoms with E-state index in [9.17, 15) is 22.8 Å². The predicted octanol–water partition coefficient (Wildman–Crippen LogP) is 4.98. The summed E-state index contributed by atoms with van der Waals surface area (Å²) < 4.78 is 43.1. The smallest absolute Gasteiger partial charge is 0.341 e. The zero-order valence-corrected chi connectivity index (χ0v) is 22.9. The highest BCUT2D eigenvalue weighted by Gasteiger charge is 2.56. The molecule has 0 bridgehead atoms. The summed E-state index contributed by atoms with van der Waals surface area (Å²) in [6.45, 7) is 4.33. The number of hydrogen-bond acceptors (Lipinski definition) is 6. The van der Waals surface area contributed by atoms with Crippen LogP contribution in [0.25, 0.3) is 0 Å². The monoisotopic (exact) mass is 555 g/mol. The minimum Gasteiger partial charge on any atom is -0.341 e. The van der Waals surface area contributed by atoms with E-state index in [4.69, 9.17) is 0 Å². The number of piperidine rings is 1. The highest BCUT2D eigenvalue weighted by molar-refractivity contribution is 7.98. The van der Waals surface area contributed by atoms with Gasteiger partial charge in [0, 0.05) is 17.8 Å². The third-order valence-electron chi connectivity index (χ3n) is 8.24. The number of carbonyl (C=O) groups is 2. The number of nitrogens with one attached hydrogen (secondary N) is 5. The second-order valence-electron chi connectivity index (χ2n) is 11.2. The average molecular weight is 556 g/mol. The maximum Gasteiger partial charge on any atom is 0.393 e. The molecule has 212 valence electrons. The van der Waals surface area contributed by atoms with Crippen molar-refractivity contribution >= 4 is 29.4 Å². The lowest BCUT2D eigenvalue weighted by molar-refractivity contribution is -0.210. The molecule has 1 spiro atoms. The summed E-state index contributed by atoms with van der Waals surface area (Å²) in [6.07, 6.45) is 1.90. The van der Waals surface area contributed by atoms with Gasteiger partial charge in [0.15, 0.2) is 0 Å². The zero-order chi connectivity index (χ0) is 27.3. The molecule has 1 saturated carbocycles. The van der Waals surface area contributed by atoms with E-state index in [1.165, 1.54) is 0 Å². The van der Waals surface area contributed by atoms with Crippen LogP contribution in [0.3, 0.4) is 0 Å². The van der Waals surface area contributed by atoms with Gasteiger partial charge < -0.3 is 16.0 Å². The van der Waals surface area contributed by atoms with Gasteiger partial charge in [0.1, 0.15) is 11.4 Å². The van der Waals surface area contributed by atoms with E-state index in [1.54, 1.807) is 6.07 Å². The molecule has 1 aliphatic carbocycles. The molecule has 1 aromatic rings. The fourth-order valence-electron chi connectivity index (χ4n) is 6.00. The zero-order valence-electron chi connectivity index (χ0n) is 22.1. The molecule has 0 aromatic heterocycles. The molecule has 2 saturated heterocycles. The van der Waals surface area contributed by atoms with Crippen molar-refractivity contribution in [3.63, 3.8) is 0 Å². The molecule has 4 rings (SSSR count). The van der Waals surface area contributed by atoms with E-state index in [1.807, 2.05) is 18.2 Å².